The molecular formula is C14H19F2N. The Labute approximate surface area is 101 Å². The minimum absolute atomic E-state index is 0.0291. The molecule has 1 aliphatic rings. The van der Waals surface area contributed by atoms with E-state index in [0.29, 0.717) is 0 Å². The number of nitrogens with one attached hydrogen (secondary N) is 1. The highest BCUT2D eigenvalue weighted by Gasteiger charge is 2.35. The maximum absolute atomic E-state index is 12.4. The molecule has 17 heavy (non-hydrogen) atoms. The van der Waals surface area contributed by atoms with Crippen LogP contribution in [0.5, 0.6) is 0 Å². The second kappa shape index (κ2) is 4.73. The van der Waals surface area contributed by atoms with E-state index < -0.39 is 6.43 Å². The Bertz CT molecular complexity index is 388. The molecule has 1 aromatic rings. The molecule has 2 rings (SSSR count). The molecule has 1 nitrogen and oxygen atoms in total. The van der Waals surface area contributed by atoms with Crippen LogP contribution in [0.25, 0.3) is 0 Å². The maximum atomic E-state index is 12.4. The summed E-state index contributed by atoms with van der Waals surface area (Å²) in [6, 6.07) is 8.18. The summed E-state index contributed by atoms with van der Waals surface area (Å²) >= 11 is 0. The Morgan fingerprint density at radius 3 is 2.76 bits per heavy atom. The number of benzene rings is 1. The fraction of sp³-hybridized carbons (Fsp3) is 0.571. The smallest absolute Gasteiger partial charge is 0.250 e. The average molecular weight is 239 g/mol. The molecule has 0 saturated heterocycles. The summed E-state index contributed by atoms with van der Waals surface area (Å²) in [5, 5.41) is 3.02. The summed E-state index contributed by atoms with van der Waals surface area (Å²) in [6.07, 6.45) is -0.221. The summed E-state index contributed by atoms with van der Waals surface area (Å²) in [5.74, 6) is 0. The largest absolute Gasteiger partial charge is 0.304 e. The second-order valence-corrected chi connectivity index (χ2v) is 5.42. The molecule has 3 heteroatoms. The van der Waals surface area contributed by atoms with Crippen molar-refractivity contribution in [2.45, 2.75) is 39.2 Å². The molecule has 0 spiro atoms. The van der Waals surface area contributed by atoms with E-state index >= 15 is 0 Å². The van der Waals surface area contributed by atoms with Crippen LogP contribution in [0.1, 0.15) is 37.4 Å². The molecule has 1 atom stereocenters. The molecule has 94 valence electrons. The highest BCUT2D eigenvalue weighted by molar-refractivity contribution is 5.34. The van der Waals surface area contributed by atoms with Crippen LogP contribution in [0.15, 0.2) is 24.3 Å². The SMILES string of the molecule is CC1(C)CCc2ccccc2C1NCC(F)F. The topological polar surface area (TPSA) is 12.0 Å². The van der Waals surface area contributed by atoms with Gasteiger partial charge in [0.2, 0.25) is 0 Å². The van der Waals surface area contributed by atoms with Crippen LogP contribution in [0, 0.1) is 5.41 Å². The van der Waals surface area contributed by atoms with Gasteiger partial charge in [-0.2, -0.15) is 0 Å². The van der Waals surface area contributed by atoms with Gasteiger partial charge in [-0.3, -0.25) is 0 Å². The van der Waals surface area contributed by atoms with Crippen LogP contribution >= 0.6 is 0 Å². The average Bonchev–Trinajstić information content (AvgIpc) is 2.27. The third-order valence-corrected chi connectivity index (χ3v) is 3.66. The number of alkyl halides is 2. The quantitative estimate of drug-likeness (QED) is 0.850. The van der Waals surface area contributed by atoms with Gasteiger partial charge in [0.1, 0.15) is 0 Å². The molecule has 1 N–H and O–H groups in total. The molecule has 1 aliphatic carbocycles. The zero-order valence-electron chi connectivity index (χ0n) is 10.3. The summed E-state index contributed by atoms with van der Waals surface area (Å²) in [6.45, 7) is 4.06. The van der Waals surface area contributed by atoms with Crippen molar-refractivity contribution in [2.24, 2.45) is 5.41 Å². The van der Waals surface area contributed by atoms with Crippen molar-refractivity contribution < 1.29 is 8.78 Å². The minimum atomic E-state index is -2.29. The van der Waals surface area contributed by atoms with Crippen molar-refractivity contribution >= 4 is 0 Å². The molecule has 1 aromatic carbocycles. The van der Waals surface area contributed by atoms with E-state index in [1.807, 2.05) is 12.1 Å². The summed E-state index contributed by atoms with van der Waals surface area (Å²) < 4.78 is 24.7. The summed E-state index contributed by atoms with van der Waals surface area (Å²) in [4.78, 5) is 0. The summed E-state index contributed by atoms with van der Waals surface area (Å²) in [7, 11) is 0. The molecule has 0 aromatic heterocycles. The first-order chi connectivity index (χ1) is 8.00. The van der Waals surface area contributed by atoms with Gasteiger partial charge in [0.05, 0.1) is 6.54 Å². The zero-order chi connectivity index (χ0) is 12.5. The lowest BCUT2D eigenvalue weighted by Gasteiger charge is -2.40. The monoisotopic (exact) mass is 239 g/mol. The van der Waals surface area contributed by atoms with E-state index in [2.05, 4.69) is 31.3 Å². The van der Waals surface area contributed by atoms with Crippen LogP contribution in [0.3, 0.4) is 0 Å². The molecule has 0 aliphatic heterocycles. The predicted molar refractivity (Wildman–Crippen MR) is 65.3 cm³/mol. The lowest BCUT2D eigenvalue weighted by atomic mass is 9.70. The highest BCUT2D eigenvalue weighted by atomic mass is 19.3. The van der Waals surface area contributed by atoms with E-state index in [-0.39, 0.29) is 18.0 Å². The lowest BCUT2D eigenvalue weighted by Crippen LogP contribution is -2.40. The predicted octanol–water partition coefficient (Wildman–Crippen LogP) is 3.55. The van der Waals surface area contributed by atoms with Gasteiger partial charge in [-0.25, -0.2) is 8.78 Å². The van der Waals surface area contributed by atoms with Crippen molar-refractivity contribution in [3.63, 3.8) is 0 Å². The second-order valence-electron chi connectivity index (χ2n) is 5.42. The van der Waals surface area contributed by atoms with E-state index in [1.165, 1.54) is 11.1 Å². The van der Waals surface area contributed by atoms with E-state index in [1.54, 1.807) is 0 Å². The number of hydrogen-bond donors (Lipinski definition) is 1. The third-order valence-electron chi connectivity index (χ3n) is 3.66. The molecule has 0 heterocycles. The Balaban J connectivity index is 2.25. The molecular weight excluding hydrogens is 220 g/mol. The first-order valence-corrected chi connectivity index (χ1v) is 6.10. The Morgan fingerprint density at radius 2 is 2.06 bits per heavy atom. The standard InChI is InChI=1S/C14H19F2N/c1-14(2)8-7-10-5-3-4-6-11(10)13(14)17-9-12(15)16/h3-6,12-13,17H,7-9H2,1-2H3. The fourth-order valence-electron chi connectivity index (χ4n) is 2.66. The number of hydrogen-bond acceptors (Lipinski definition) is 1. The van der Waals surface area contributed by atoms with Gasteiger partial charge in [-0.1, -0.05) is 38.1 Å². The number of fused-ring (bicyclic) bond motifs is 1. The lowest BCUT2D eigenvalue weighted by molar-refractivity contribution is 0.121. The number of halogens is 2. The maximum Gasteiger partial charge on any atom is 0.250 e. The number of aryl methyl sites for hydroxylation is 1. The first-order valence-electron chi connectivity index (χ1n) is 6.10. The van der Waals surface area contributed by atoms with Crippen LogP contribution in [-0.4, -0.2) is 13.0 Å². The van der Waals surface area contributed by atoms with Crippen LogP contribution < -0.4 is 5.32 Å². The fourth-order valence-corrected chi connectivity index (χ4v) is 2.66. The molecule has 1 unspecified atom stereocenters. The molecule has 0 saturated carbocycles. The van der Waals surface area contributed by atoms with Crippen molar-refractivity contribution in [1.82, 2.24) is 5.32 Å². The molecule has 0 amide bonds. The first kappa shape index (κ1) is 12.5. The van der Waals surface area contributed by atoms with Gasteiger partial charge in [0.25, 0.3) is 6.43 Å². The zero-order valence-corrected chi connectivity index (χ0v) is 10.3. The third kappa shape index (κ3) is 2.65. The Hall–Kier alpha value is -0.960. The van der Waals surface area contributed by atoms with Gasteiger partial charge in [0, 0.05) is 6.04 Å². The van der Waals surface area contributed by atoms with Gasteiger partial charge >= 0.3 is 0 Å². The van der Waals surface area contributed by atoms with Crippen molar-refractivity contribution in [3.05, 3.63) is 35.4 Å². The molecule has 0 radical (unpaired) electrons. The number of rotatable bonds is 3. The van der Waals surface area contributed by atoms with Crippen LogP contribution in [-0.2, 0) is 6.42 Å². The minimum Gasteiger partial charge on any atom is -0.304 e. The summed E-state index contributed by atoms with van der Waals surface area (Å²) in [5.41, 5.74) is 2.51. The van der Waals surface area contributed by atoms with Gasteiger partial charge in [-0.05, 0) is 29.4 Å². The Kier molecular flexibility index (Phi) is 3.48. The highest BCUT2D eigenvalue weighted by Crippen LogP contribution is 2.43. The normalized spacial score (nSPS) is 22.5. The van der Waals surface area contributed by atoms with Crippen LogP contribution in [0.4, 0.5) is 8.78 Å². The van der Waals surface area contributed by atoms with Crippen molar-refractivity contribution in [1.29, 1.82) is 0 Å². The molecule has 0 bridgehead atoms. The van der Waals surface area contributed by atoms with E-state index in [9.17, 15) is 8.78 Å². The van der Waals surface area contributed by atoms with E-state index in [0.717, 1.165) is 12.8 Å². The van der Waals surface area contributed by atoms with Gasteiger partial charge in [-0.15, -0.1) is 0 Å². The van der Waals surface area contributed by atoms with E-state index in [4.69, 9.17) is 0 Å². The van der Waals surface area contributed by atoms with Crippen molar-refractivity contribution in [3.8, 4) is 0 Å². The van der Waals surface area contributed by atoms with Crippen molar-refractivity contribution in [2.75, 3.05) is 6.54 Å². The van der Waals surface area contributed by atoms with Crippen LogP contribution in [0.2, 0.25) is 0 Å². The molecule has 0 fully saturated rings. The van der Waals surface area contributed by atoms with Gasteiger partial charge in [0.15, 0.2) is 0 Å². The van der Waals surface area contributed by atoms with Gasteiger partial charge < -0.3 is 5.32 Å². The Morgan fingerprint density at radius 1 is 1.35 bits per heavy atom.